The molecule has 0 N–H and O–H groups in total. The maximum Gasteiger partial charge on any atom is 3.00 e. The first-order valence-electron chi connectivity index (χ1n) is 1.46. The Bertz CT molecular complexity index is 134. The Morgan fingerprint density at radius 2 is 0.692 bits per heavy atom. The topological polar surface area (TPSA) is 172 Å². The van der Waals surface area contributed by atoms with Gasteiger partial charge < -0.3 is 38.5 Å². The van der Waals surface area contributed by atoms with E-state index in [1.807, 2.05) is 0 Å². The number of hydrogen-bond acceptors (Lipinski definition) is 8. The van der Waals surface area contributed by atoms with E-state index in [0.717, 1.165) is 0 Å². The van der Waals surface area contributed by atoms with E-state index in [1.165, 1.54) is 0 Å². The summed E-state index contributed by atoms with van der Waals surface area (Å²) in [7, 11) is -10.8. The Balaban J connectivity index is -0.0000000267. The quantitative estimate of drug-likeness (QED) is 0.311. The summed E-state index contributed by atoms with van der Waals surface area (Å²) in [6.45, 7) is 0. The van der Waals surface area contributed by atoms with Gasteiger partial charge in [-0.2, -0.15) is 15.6 Å². The van der Waals surface area contributed by atoms with Gasteiger partial charge in [-0.05, 0) is 0 Å². The van der Waals surface area contributed by atoms with Crippen molar-refractivity contribution in [3.8, 4) is 0 Å². The van der Waals surface area contributed by atoms with Gasteiger partial charge in [-0.25, -0.2) is 0 Å². The van der Waals surface area contributed by atoms with E-state index in [9.17, 15) is 0 Å². The molecule has 0 aromatic carbocycles. The summed E-state index contributed by atoms with van der Waals surface area (Å²) >= 11 is 0. The molecule has 13 heavy (non-hydrogen) atoms. The average Bonchev–Trinajstić information content (AvgIpc) is 1.12. The number of rotatable bonds is 0. The van der Waals surface area contributed by atoms with Crippen LogP contribution in [0.25, 0.3) is 0 Å². The molecule has 0 unspecified atom stereocenters. The third kappa shape index (κ3) is 565. The fraction of sp³-hybridized carbons (Fsp3) is 0. The molecule has 0 fully saturated rings. The fourth-order valence-corrected chi connectivity index (χ4v) is 0. The molecule has 0 aliphatic carbocycles. The van der Waals surface area contributed by atoms with Gasteiger partial charge in [0, 0.05) is 0 Å². The van der Waals surface area contributed by atoms with E-state index in [0.29, 0.717) is 0 Å². The van der Waals surface area contributed by atoms with Crippen LogP contribution in [0.3, 0.4) is 0 Å². The minimum Gasteiger partial charge on any atom is -0.822 e. The van der Waals surface area contributed by atoms with Gasteiger partial charge in [0.05, 0.1) is 0 Å². The fourth-order valence-electron chi connectivity index (χ4n) is 0. The van der Waals surface area contributed by atoms with Crippen molar-refractivity contribution in [3.05, 3.63) is 0 Å². The summed E-state index contributed by atoms with van der Waals surface area (Å²) < 4.78 is 17.1. The number of hydrogen-bond donors (Lipinski definition) is 0. The zero-order valence-corrected chi connectivity index (χ0v) is 10.1. The van der Waals surface area contributed by atoms with Gasteiger partial charge in [0.1, 0.15) is 0 Å². The smallest absolute Gasteiger partial charge is 0.822 e. The molecule has 0 amide bonds. The second kappa shape index (κ2) is 11.9. The van der Waals surface area contributed by atoms with Crippen molar-refractivity contribution in [2.75, 3.05) is 0 Å². The minimum atomic E-state index is -5.39. The molecular formula is AlCoLiO8P2. The Labute approximate surface area is 107 Å². The third-order valence-corrected chi connectivity index (χ3v) is 0. The molecule has 0 bridgehead atoms. The zero-order chi connectivity index (χ0) is 9.00. The monoisotopic (exact) mass is 283 g/mol. The molecule has 0 rings (SSSR count). The van der Waals surface area contributed by atoms with Gasteiger partial charge in [-0.1, -0.05) is 0 Å². The van der Waals surface area contributed by atoms with Crippen LogP contribution >= 0.6 is 15.6 Å². The molecule has 13 heteroatoms. The minimum absolute atomic E-state index is 0. The standard InChI is InChI=1S/Al.Co.Li.2H3O4P/c;;;2*1-5(2,3)4/h;;;2*(H3,1,2,3,4)/q+3;+2;+1;;/p-6. The van der Waals surface area contributed by atoms with E-state index in [4.69, 9.17) is 38.5 Å². The summed E-state index contributed by atoms with van der Waals surface area (Å²) in [6.07, 6.45) is 0. The van der Waals surface area contributed by atoms with Crippen molar-refractivity contribution in [3.63, 3.8) is 0 Å². The molecule has 0 aliphatic rings. The van der Waals surface area contributed by atoms with Crippen LogP contribution < -0.4 is 48.2 Å². The first-order chi connectivity index (χ1) is 4.00. The Morgan fingerprint density at radius 1 is 0.692 bits per heavy atom. The van der Waals surface area contributed by atoms with Crippen LogP contribution in [0.15, 0.2) is 0 Å². The molecular weight excluding hydrogens is 283 g/mol. The second-order valence-electron chi connectivity index (χ2n) is 0.894. The Kier molecular flexibility index (Phi) is 26.9. The predicted molar refractivity (Wildman–Crippen MR) is 21.0 cm³/mol. The summed E-state index contributed by atoms with van der Waals surface area (Å²) in [5.41, 5.74) is 0. The van der Waals surface area contributed by atoms with Gasteiger partial charge in [-0.15, -0.1) is 0 Å². The van der Waals surface area contributed by atoms with Crippen LogP contribution in [0.1, 0.15) is 0 Å². The van der Waals surface area contributed by atoms with Gasteiger partial charge in [0.15, 0.2) is 0 Å². The van der Waals surface area contributed by atoms with Crippen LogP contribution in [0.2, 0.25) is 0 Å². The summed E-state index contributed by atoms with van der Waals surface area (Å²) in [6, 6.07) is 0. The number of phosphoric acid groups is 2. The first kappa shape index (κ1) is 29.4. The predicted octanol–water partition coefficient (Wildman–Crippen LogP) is -9.03. The van der Waals surface area contributed by atoms with Crippen molar-refractivity contribution in [1.82, 2.24) is 0 Å². The van der Waals surface area contributed by atoms with Crippen LogP contribution in [0.5, 0.6) is 0 Å². The van der Waals surface area contributed by atoms with Gasteiger partial charge in [0.25, 0.3) is 0 Å². The van der Waals surface area contributed by atoms with E-state index < -0.39 is 15.6 Å². The molecule has 0 saturated heterocycles. The largest absolute Gasteiger partial charge is 3.00 e. The molecule has 0 atom stereocenters. The van der Waals surface area contributed by atoms with E-state index in [1.54, 1.807) is 0 Å². The summed E-state index contributed by atoms with van der Waals surface area (Å²) in [5.74, 6) is 0. The molecule has 8 nitrogen and oxygen atoms in total. The average molecular weight is 283 g/mol. The Morgan fingerprint density at radius 3 is 0.692 bits per heavy atom. The molecule has 0 saturated carbocycles. The molecule has 0 aromatic rings. The van der Waals surface area contributed by atoms with Crippen molar-refractivity contribution in [1.29, 1.82) is 0 Å². The molecule has 0 heterocycles. The van der Waals surface area contributed by atoms with Gasteiger partial charge >= 0.3 is 53.0 Å². The molecule has 71 valence electrons. The summed E-state index contributed by atoms with van der Waals surface area (Å²) in [5, 5.41) is 0. The summed E-state index contributed by atoms with van der Waals surface area (Å²) in [4.78, 5) is 51.3. The zero-order valence-electron chi connectivity index (χ0n) is 6.07. The maximum absolute atomic E-state index is 8.55. The van der Waals surface area contributed by atoms with Crippen molar-refractivity contribution in [2.45, 2.75) is 0 Å². The van der Waals surface area contributed by atoms with Crippen molar-refractivity contribution < 1.29 is 74.1 Å². The SMILES string of the molecule is O=P([O-])([O-])[O-].O=P([O-])([O-])[O-].[Al+3].[Co+2].[Li+]. The van der Waals surface area contributed by atoms with Crippen LogP contribution in [-0.4, -0.2) is 17.4 Å². The second-order valence-corrected chi connectivity index (χ2v) is 2.68. The molecule has 0 aliphatic heterocycles. The van der Waals surface area contributed by atoms with Crippen molar-refractivity contribution >= 4 is 33.0 Å². The molecule has 1 radical (unpaired) electrons. The normalized spacial score (nSPS) is 9.08. The molecule has 0 spiro atoms. The maximum atomic E-state index is 8.55. The molecule has 0 aromatic heterocycles. The van der Waals surface area contributed by atoms with Gasteiger partial charge in [-0.3, -0.25) is 0 Å². The first-order valence-corrected chi connectivity index (χ1v) is 4.38. The van der Waals surface area contributed by atoms with E-state index in [-0.39, 0.29) is 53.0 Å². The third-order valence-electron chi connectivity index (χ3n) is 0. The van der Waals surface area contributed by atoms with Crippen LogP contribution in [-0.2, 0) is 25.9 Å². The van der Waals surface area contributed by atoms with E-state index in [2.05, 4.69) is 0 Å². The Hall–Kier alpha value is 1.86. The van der Waals surface area contributed by atoms with E-state index >= 15 is 0 Å². The van der Waals surface area contributed by atoms with Crippen molar-refractivity contribution in [2.24, 2.45) is 0 Å². The van der Waals surface area contributed by atoms with Gasteiger partial charge in [0.2, 0.25) is 0 Å². The van der Waals surface area contributed by atoms with Crippen LogP contribution in [0, 0.1) is 0 Å². The van der Waals surface area contributed by atoms with Crippen LogP contribution in [0.4, 0.5) is 0 Å².